The Balaban J connectivity index is 0.850. The van der Waals surface area contributed by atoms with E-state index in [9.17, 15) is 0 Å². The molecule has 12 nitrogen and oxygen atoms in total. The first-order chi connectivity index (χ1) is 49.4. The Morgan fingerprint density at radius 3 is 0.430 bits per heavy atom. The molecule has 0 amide bonds. The Morgan fingerprint density at radius 2 is 0.290 bits per heavy atom. The first kappa shape index (κ1) is 69.6. The monoisotopic (exact) mass is 1370 g/mol. The second-order valence-corrected chi connectivity index (χ2v) is 26.9. The van der Waals surface area contributed by atoms with Crippen molar-refractivity contribution in [3.63, 3.8) is 0 Å². The summed E-state index contributed by atoms with van der Waals surface area (Å²) in [6.45, 7) is 3.64. The van der Waals surface area contributed by atoms with Gasteiger partial charge in [-0.15, -0.1) is 0 Å². The van der Waals surface area contributed by atoms with E-state index in [1.165, 1.54) is 0 Å². The van der Waals surface area contributed by atoms with Crippen LogP contribution in [0, 0.1) is 0 Å². The Hall–Kier alpha value is -10.3. The maximum absolute atomic E-state index is 7.05. The maximum atomic E-state index is 7.05. The van der Waals surface area contributed by atoms with Gasteiger partial charge in [0, 0.05) is 36.6 Å². The average Bonchev–Trinajstić information content (AvgIpc) is 0.925. The molecular formula is C86H80O12P2. The Labute approximate surface area is 589 Å². The van der Waals surface area contributed by atoms with Crippen LogP contribution in [0.15, 0.2) is 315 Å². The quantitative estimate of drug-likeness (QED) is 0.0342. The minimum atomic E-state index is -1.70. The fourth-order valence-corrected chi connectivity index (χ4v) is 13.7. The van der Waals surface area contributed by atoms with Crippen molar-refractivity contribution >= 4 is 16.8 Å². The van der Waals surface area contributed by atoms with Gasteiger partial charge in [-0.1, -0.05) is 243 Å². The lowest BCUT2D eigenvalue weighted by Gasteiger charge is -2.23. The zero-order valence-electron chi connectivity index (χ0n) is 55.7. The van der Waals surface area contributed by atoms with Gasteiger partial charge in [-0.2, -0.15) is 0 Å². The van der Waals surface area contributed by atoms with Crippen molar-refractivity contribution in [3.8, 4) is 46.0 Å². The van der Waals surface area contributed by atoms with Crippen LogP contribution in [0.3, 0.4) is 0 Å². The van der Waals surface area contributed by atoms with Crippen LogP contribution in [0.2, 0.25) is 0 Å². The van der Waals surface area contributed by atoms with E-state index < -0.39 is 16.8 Å². The molecule has 12 rings (SSSR count). The van der Waals surface area contributed by atoms with Crippen molar-refractivity contribution in [1.29, 1.82) is 0 Å². The van der Waals surface area contributed by atoms with Gasteiger partial charge < -0.3 is 56.0 Å². The number of hydrogen-bond donors (Lipinski definition) is 0. The highest BCUT2D eigenvalue weighted by Gasteiger charge is 2.22. The van der Waals surface area contributed by atoms with Crippen LogP contribution < -0.4 is 37.9 Å². The fraction of sp³-hybridized carbons (Fsp3) is 0.163. The molecule has 0 unspecified atom stereocenters. The third-order valence-corrected chi connectivity index (χ3v) is 18.9. The molecule has 12 aromatic rings. The molecule has 0 spiro atoms. The van der Waals surface area contributed by atoms with Crippen LogP contribution in [0.1, 0.15) is 66.8 Å². The summed E-state index contributed by atoms with van der Waals surface area (Å²) >= 11 is 0. The van der Waals surface area contributed by atoms with Crippen molar-refractivity contribution < 1.29 is 56.0 Å². The summed E-state index contributed by atoms with van der Waals surface area (Å²) in [5.74, 6) is 5.15. The molecule has 100 heavy (non-hydrogen) atoms. The van der Waals surface area contributed by atoms with Crippen molar-refractivity contribution in [3.05, 3.63) is 382 Å². The van der Waals surface area contributed by atoms with E-state index in [1.54, 1.807) is 0 Å². The van der Waals surface area contributed by atoms with E-state index in [2.05, 4.69) is 0 Å². The van der Waals surface area contributed by atoms with Crippen LogP contribution in [-0.2, 0) is 97.4 Å². The predicted molar refractivity (Wildman–Crippen MR) is 395 cm³/mol. The smallest absolute Gasteiger partial charge is 0.171 e. The van der Waals surface area contributed by atoms with Gasteiger partial charge in [-0.3, -0.25) is 0 Å². The Kier molecular flexibility index (Phi) is 26.6. The number of ether oxygens (including phenoxy) is 8. The number of rotatable bonds is 39. The van der Waals surface area contributed by atoms with Crippen molar-refractivity contribution in [2.75, 3.05) is 12.3 Å². The Bertz CT molecular complexity index is 3530. The average molecular weight is 1370 g/mol. The van der Waals surface area contributed by atoms with Crippen LogP contribution in [0.5, 0.6) is 46.0 Å². The minimum Gasteiger partial charge on any atom is -0.489 e. The SMILES string of the molecule is c1ccc(COc2cc(COP(CCP(OCc3cc(OCc4ccccc4)cc(OCc4ccccc4)c3)OCc3cc(OCc4ccccc4)cc(OCc4ccccc4)c3)OCc3cc(OCc4ccccc4)cc(OCc4ccccc4)c3)cc(OCc3ccccc3)c2)cc1. The molecule has 506 valence electrons. The molecule has 0 fully saturated rings. The predicted octanol–water partition coefficient (Wildman–Crippen LogP) is 21.1. The van der Waals surface area contributed by atoms with Gasteiger partial charge in [0.05, 0.1) is 26.4 Å². The molecule has 0 bridgehead atoms. The number of hydrogen-bond acceptors (Lipinski definition) is 12. The first-order valence-electron chi connectivity index (χ1n) is 33.4. The molecular weight excluding hydrogens is 1290 g/mol. The molecule has 0 atom stereocenters. The molecule has 0 heterocycles. The third-order valence-electron chi connectivity index (χ3n) is 15.7. The molecule has 0 aliphatic heterocycles. The van der Waals surface area contributed by atoms with Crippen molar-refractivity contribution in [2.45, 2.75) is 79.3 Å². The summed E-state index contributed by atoms with van der Waals surface area (Å²) in [6, 6.07) is 105. The highest BCUT2D eigenvalue weighted by Crippen LogP contribution is 2.49. The fourth-order valence-electron chi connectivity index (χ4n) is 10.5. The first-order valence-corrected chi connectivity index (χ1v) is 36.1. The lowest BCUT2D eigenvalue weighted by molar-refractivity contribution is 0.226. The molecule has 0 aliphatic carbocycles. The third kappa shape index (κ3) is 23.7. The van der Waals surface area contributed by atoms with Crippen LogP contribution >= 0.6 is 16.8 Å². The van der Waals surface area contributed by atoms with Crippen LogP contribution in [0.4, 0.5) is 0 Å². The standard InChI is InChI=1S/C86H80O12P2/c1-9-25-67(26-10-1)55-87-79-43-75(44-80(51-79)88-56-68-27-11-2-12-28-68)63-95-99(96-64-76-45-81(89-57-69-29-13-3-14-30-69)52-82(46-76)90-58-70-31-15-4-16-32-70)41-42-100(97-65-77-47-83(91-59-71-33-17-5-18-34-71)53-84(48-77)92-60-72-35-19-6-20-36-72)98-66-78-49-85(93-61-73-37-21-7-22-38-73)54-86(50-78)94-62-74-39-23-8-24-40-74/h1-40,43-54H,41-42,55-66H2. The van der Waals surface area contributed by atoms with E-state index in [1.807, 2.05) is 315 Å². The lowest BCUT2D eigenvalue weighted by Crippen LogP contribution is -2.05. The van der Waals surface area contributed by atoms with Gasteiger partial charge in [-0.05, 0) is 115 Å². The highest BCUT2D eigenvalue weighted by molar-refractivity contribution is 7.51. The zero-order chi connectivity index (χ0) is 67.9. The molecule has 0 N–H and O–H groups in total. The summed E-state index contributed by atoms with van der Waals surface area (Å²) in [6.07, 6.45) is 0.836. The van der Waals surface area contributed by atoms with Crippen molar-refractivity contribution in [2.24, 2.45) is 0 Å². The molecule has 0 saturated carbocycles. The van der Waals surface area contributed by atoms with Gasteiger partial charge in [0.25, 0.3) is 0 Å². The van der Waals surface area contributed by atoms with Crippen LogP contribution in [-0.4, -0.2) is 12.3 Å². The summed E-state index contributed by atoms with van der Waals surface area (Å²) in [5.41, 5.74) is 11.7. The van der Waals surface area contributed by atoms with E-state index in [0.29, 0.717) is 111 Å². The van der Waals surface area contributed by atoms with Crippen LogP contribution in [0.25, 0.3) is 0 Å². The minimum absolute atomic E-state index is 0.171. The summed E-state index contributed by atoms with van der Waals surface area (Å²) in [7, 11) is -3.40. The Morgan fingerprint density at radius 1 is 0.150 bits per heavy atom. The van der Waals surface area contributed by atoms with E-state index in [4.69, 9.17) is 56.0 Å². The number of benzene rings is 12. The molecule has 0 saturated heterocycles. The maximum Gasteiger partial charge on any atom is 0.171 e. The molecule has 14 heteroatoms. The van der Waals surface area contributed by atoms with E-state index in [-0.39, 0.29) is 26.4 Å². The molecule has 0 radical (unpaired) electrons. The topological polar surface area (TPSA) is 111 Å². The zero-order valence-corrected chi connectivity index (χ0v) is 57.5. The largest absolute Gasteiger partial charge is 0.489 e. The van der Waals surface area contributed by atoms with Gasteiger partial charge in [0.1, 0.15) is 98.9 Å². The molecule has 12 aromatic carbocycles. The highest BCUT2D eigenvalue weighted by atomic mass is 31.2. The van der Waals surface area contributed by atoms with E-state index in [0.717, 1.165) is 66.8 Å². The van der Waals surface area contributed by atoms with Gasteiger partial charge in [0.2, 0.25) is 0 Å². The molecule has 0 aromatic heterocycles. The lowest BCUT2D eigenvalue weighted by atomic mass is 10.2. The summed E-state index contributed by atoms with van der Waals surface area (Å²) < 4.78 is 80.0. The van der Waals surface area contributed by atoms with E-state index >= 15 is 0 Å². The normalized spacial score (nSPS) is 11.1. The van der Waals surface area contributed by atoms with Gasteiger partial charge >= 0.3 is 0 Å². The summed E-state index contributed by atoms with van der Waals surface area (Å²) in [5, 5.41) is 0. The summed E-state index contributed by atoms with van der Waals surface area (Å²) in [4.78, 5) is 0. The van der Waals surface area contributed by atoms with Gasteiger partial charge in [-0.25, -0.2) is 0 Å². The molecule has 0 aliphatic rings. The second kappa shape index (κ2) is 38.2. The second-order valence-electron chi connectivity index (χ2n) is 23.7. The van der Waals surface area contributed by atoms with Gasteiger partial charge in [0.15, 0.2) is 16.8 Å². The van der Waals surface area contributed by atoms with Crippen molar-refractivity contribution in [1.82, 2.24) is 0 Å².